The minimum absolute atomic E-state index is 0.106. The van der Waals surface area contributed by atoms with Crippen LogP contribution in [-0.2, 0) is 24.1 Å². The molecule has 0 aliphatic rings. The zero-order valence-corrected chi connectivity index (χ0v) is 20.5. The van der Waals surface area contributed by atoms with Crippen LogP contribution < -0.4 is 11.1 Å². The van der Waals surface area contributed by atoms with Crippen molar-refractivity contribution in [1.29, 1.82) is 0 Å². The first-order chi connectivity index (χ1) is 16.8. The number of anilines is 1. The lowest BCUT2D eigenvalue weighted by Gasteiger charge is -2.21. The number of aliphatic hydroxyl groups excluding tert-OH is 1. The van der Waals surface area contributed by atoms with Gasteiger partial charge in [-0.3, -0.25) is 4.79 Å². The first kappa shape index (κ1) is 26.2. The number of hydrogen-bond acceptors (Lipinski definition) is 6. The summed E-state index contributed by atoms with van der Waals surface area (Å²) in [4.78, 5) is 18.8. The van der Waals surface area contributed by atoms with Crippen LogP contribution in [0, 0.1) is 0 Å². The van der Waals surface area contributed by atoms with Crippen LogP contribution in [0.15, 0.2) is 66.9 Å². The number of phenolic OH excluding ortho intramolecular Hbond substituents is 1. The fourth-order valence-corrected chi connectivity index (χ4v) is 4.01. The highest BCUT2D eigenvalue weighted by Gasteiger charge is 2.14. The molecule has 7 heteroatoms. The van der Waals surface area contributed by atoms with E-state index in [1.54, 1.807) is 30.5 Å². The highest BCUT2D eigenvalue weighted by molar-refractivity contribution is 5.78. The summed E-state index contributed by atoms with van der Waals surface area (Å²) in [6.07, 6.45) is 2.84. The van der Waals surface area contributed by atoms with Crippen LogP contribution in [0.3, 0.4) is 0 Å². The number of nitrogens with two attached hydrogens (primary N) is 1. The molecule has 0 bridgehead atoms. The minimum Gasteiger partial charge on any atom is -0.508 e. The zero-order chi connectivity index (χ0) is 25.2. The van der Waals surface area contributed by atoms with Gasteiger partial charge >= 0.3 is 0 Å². The number of likely N-dealkylation sites (N-methyl/N-ethyl adjacent to an activating group) is 1. The number of aliphatic hydroxyl groups is 1. The Morgan fingerprint density at radius 2 is 1.83 bits per heavy atom. The molecular formula is C28H36N4O3. The van der Waals surface area contributed by atoms with Gasteiger partial charge in [-0.2, -0.15) is 0 Å². The summed E-state index contributed by atoms with van der Waals surface area (Å²) in [5.74, 6) is 0.784. The van der Waals surface area contributed by atoms with Crippen molar-refractivity contribution in [3.05, 3.63) is 89.1 Å². The van der Waals surface area contributed by atoms with E-state index < -0.39 is 6.10 Å². The highest BCUT2D eigenvalue weighted by Crippen LogP contribution is 2.14. The van der Waals surface area contributed by atoms with Crippen LogP contribution in [0.25, 0.3) is 0 Å². The number of carbonyl (C=O) groups excluding carboxylic acids is 1. The third kappa shape index (κ3) is 8.38. The average molecular weight is 477 g/mol. The maximum Gasteiger partial charge on any atom is 0.226 e. The summed E-state index contributed by atoms with van der Waals surface area (Å²) in [6.45, 7) is 5.79. The number of nitrogen functional groups attached to an aromatic ring is 1. The highest BCUT2D eigenvalue weighted by atomic mass is 16.3. The van der Waals surface area contributed by atoms with Crippen molar-refractivity contribution in [3.8, 4) is 5.75 Å². The molecule has 0 spiro atoms. The van der Waals surface area contributed by atoms with Crippen LogP contribution in [0.2, 0.25) is 0 Å². The summed E-state index contributed by atoms with van der Waals surface area (Å²) in [5.41, 5.74) is 9.57. The van der Waals surface area contributed by atoms with Gasteiger partial charge in [-0.1, -0.05) is 42.5 Å². The second-order valence-electron chi connectivity index (χ2n) is 8.93. The fourth-order valence-electron chi connectivity index (χ4n) is 4.01. The van der Waals surface area contributed by atoms with Crippen LogP contribution >= 0.6 is 0 Å². The molecule has 0 saturated carbocycles. The monoisotopic (exact) mass is 476 g/mol. The van der Waals surface area contributed by atoms with Crippen LogP contribution in [0.1, 0.15) is 42.2 Å². The summed E-state index contributed by atoms with van der Waals surface area (Å²) in [6, 6.07) is 18.9. The molecule has 0 aliphatic carbocycles. The largest absolute Gasteiger partial charge is 0.508 e. The maximum absolute atomic E-state index is 12.9. The predicted octanol–water partition coefficient (Wildman–Crippen LogP) is 3.26. The van der Waals surface area contributed by atoms with Crippen molar-refractivity contribution in [3.63, 3.8) is 0 Å². The molecule has 0 unspecified atom stereocenters. The summed E-state index contributed by atoms with van der Waals surface area (Å²) >= 11 is 0. The Kier molecular flexibility index (Phi) is 9.64. The zero-order valence-electron chi connectivity index (χ0n) is 20.5. The molecule has 7 nitrogen and oxygen atoms in total. The first-order valence-electron chi connectivity index (χ1n) is 12.1. The van der Waals surface area contributed by atoms with Gasteiger partial charge in [0.15, 0.2) is 0 Å². The van der Waals surface area contributed by atoms with Gasteiger partial charge in [-0.05, 0) is 61.6 Å². The lowest BCUT2D eigenvalue weighted by Crippen LogP contribution is -2.34. The van der Waals surface area contributed by atoms with E-state index in [1.807, 2.05) is 36.1 Å². The summed E-state index contributed by atoms with van der Waals surface area (Å²) in [5, 5.41) is 23.2. The number of aromatic nitrogens is 1. The Hall–Kier alpha value is -3.42. The Morgan fingerprint density at radius 1 is 1.09 bits per heavy atom. The van der Waals surface area contributed by atoms with Crippen LogP contribution in [0.4, 0.5) is 5.82 Å². The second kappa shape index (κ2) is 12.9. The van der Waals surface area contributed by atoms with E-state index in [1.165, 1.54) is 0 Å². The molecule has 35 heavy (non-hydrogen) atoms. The van der Waals surface area contributed by atoms with Crippen LogP contribution in [0.5, 0.6) is 5.75 Å². The molecule has 1 heterocycles. The lowest BCUT2D eigenvalue weighted by atomic mass is 10.0. The SMILES string of the molecule is CCN(CCc1ccc(O)cc1)C(=O)Cc1cccc(C[C@@H](C)NC[C@@H](O)c2ccc(N)nc2)c1. The van der Waals surface area contributed by atoms with E-state index >= 15 is 0 Å². The van der Waals surface area contributed by atoms with Crippen molar-refractivity contribution >= 4 is 11.7 Å². The molecule has 2 aromatic carbocycles. The van der Waals surface area contributed by atoms with Gasteiger partial charge in [0.2, 0.25) is 5.91 Å². The molecule has 0 aliphatic heterocycles. The Balaban J connectivity index is 1.49. The van der Waals surface area contributed by atoms with Crippen molar-refractivity contribution < 1.29 is 15.0 Å². The molecule has 1 aromatic heterocycles. The van der Waals surface area contributed by atoms with Gasteiger partial charge < -0.3 is 26.2 Å². The Morgan fingerprint density at radius 3 is 2.51 bits per heavy atom. The topological polar surface area (TPSA) is 112 Å². The third-order valence-corrected chi connectivity index (χ3v) is 6.08. The third-order valence-electron chi connectivity index (χ3n) is 6.08. The van der Waals surface area contributed by atoms with E-state index in [2.05, 4.69) is 29.4 Å². The fraction of sp³-hybridized carbons (Fsp3) is 0.357. The number of rotatable bonds is 12. The smallest absolute Gasteiger partial charge is 0.226 e. The molecule has 5 N–H and O–H groups in total. The van der Waals surface area contributed by atoms with Gasteiger partial charge in [0.05, 0.1) is 12.5 Å². The molecule has 3 aromatic rings. The second-order valence-corrected chi connectivity index (χ2v) is 8.93. The van der Waals surface area contributed by atoms with E-state index in [4.69, 9.17) is 5.73 Å². The number of benzene rings is 2. The summed E-state index contributed by atoms with van der Waals surface area (Å²) in [7, 11) is 0. The molecule has 0 radical (unpaired) electrons. The van der Waals surface area contributed by atoms with Crippen LogP contribution in [-0.4, -0.2) is 51.7 Å². The average Bonchev–Trinajstić information content (AvgIpc) is 2.84. The molecule has 0 saturated heterocycles. The van der Waals surface area contributed by atoms with E-state index in [0.717, 1.165) is 35.1 Å². The number of nitrogens with one attached hydrogen (secondary N) is 1. The van der Waals surface area contributed by atoms with Gasteiger partial charge in [0.1, 0.15) is 11.6 Å². The van der Waals surface area contributed by atoms with E-state index in [9.17, 15) is 15.0 Å². The van der Waals surface area contributed by atoms with Gasteiger partial charge in [0, 0.05) is 37.4 Å². The molecule has 2 atom stereocenters. The lowest BCUT2D eigenvalue weighted by molar-refractivity contribution is -0.130. The van der Waals surface area contributed by atoms with E-state index in [0.29, 0.717) is 31.9 Å². The van der Waals surface area contributed by atoms with Crippen molar-refractivity contribution in [2.45, 2.75) is 45.3 Å². The van der Waals surface area contributed by atoms with Crippen molar-refractivity contribution in [2.75, 3.05) is 25.4 Å². The van der Waals surface area contributed by atoms with Gasteiger partial charge in [-0.25, -0.2) is 4.98 Å². The Bertz CT molecular complexity index is 1070. The van der Waals surface area contributed by atoms with E-state index in [-0.39, 0.29) is 17.7 Å². The summed E-state index contributed by atoms with van der Waals surface area (Å²) < 4.78 is 0. The molecule has 186 valence electrons. The predicted molar refractivity (Wildman–Crippen MR) is 139 cm³/mol. The maximum atomic E-state index is 12.9. The standard InChI is InChI=1S/C28H36N4O3/c1-3-32(14-13-21-7-10-25(33)11-8-21)28(35)17-23-6-4-5-22(16-23)15-20(2)30-19-26(34)24-9-12-27(29)31-18-24/h4-12,16,18,20,26,30,33-34H,3,13-15,17,19H2,1-2H3,(H2,29,31)/t20-,26-/m1/s1. The molecule has 1 amide bonds. The van der Waals surface area contributed by atoms with Gasteiger partial charge in [0.25, 0.3) is 0 Å². The number of hydrogen-bond donors (Lipinski definition) is 4. The number of nitrogens with zero attached hydrogens (tertiary/aromatic N) is 2. The molecule has 0 fully saturated rings. The van der Waals surface area contributed by atoms with Crippen molar-refractivity contribution in [2.24, 2.45) is 0 Å². The normalized spacial score (nSPS) is 12.8. The number of pyridine rings is 1. The Labute approximate surface area is 207 Å². The number of carbonyl (C=O) groups is 1. The molecular weight excluding hydrogens is 440 g/mol. The number of amides is 1. The first-order valence-corrected chi connectivity index (χ1v) is 12.1. The number of phenols is 1. The molecule has 3 rings (SSSR count). The minimum atomic E-state index is -0.656. The van der Waals surface area contributed by atoms with Gasteiger partial charge in [-0.15, -0.1) is 0 Å². The van der Waals surface area contributed by atoms with Crippen molar-refractivity contribution in [1.82, 2.24) is 15.2 Å². The number of aromatic hydroxyl groups is 1. The quantitative estimate of drug-likeness (QED) is 0.319.